The van der Waals surface area contributed by atoms with Gasteiger partial charge in [-0.1, -0.05) is 19.1 Å². The van der Waals surface area contributed by atoms with Gasteiger partial charge in [-0.25, -0.2) is 0 Å². The summed E-state index contributed by atoms with van der Waals surface area (Å²) in [5.74, 6) is 0. The number of hydrogen-bond acceptors (Lipinski definition) is 2. The molecule has 12 heavy (non-hydrogen) atoms. The molecule has 0 radical (unpaired) electrons. The average Bonchev–Trinajstić information content (AvgIpc) is 2.12. The monoisotopic (exact) mass is 162 g/mol. The molecule has 0 fully saturated rings. The van der Waals surface area contributed by atoms with Crippen molar-refractivity contribution in [1.82, 2.24) is 0 Å². The second-order valence-electron chi connectivity index (χ2n) is 2.44. The van der Waals surface area contributed by atoms with E-state index in [9.17, 15) is 0 Å². The fraction of sp³-hybridized carbons (Fsp3) is 0.400. The van der Waals surface area contributed by atoms with Crippen LogP contribution in [-0.2, 0) is 0 Å². The number of rotatable bonds is 4. The Morgan fingerprint density at radius 1 is 1.58 bits per heavy atom. The van der Waals surface area contributed by atoms with Crippen molar-refractivity contribution >= 4 is 6.72 Å². The molecule has 0 unspecified atom stereocenters. The fourth-order valence-corrected chi connectivity index (χ4v) is 0.738. The molecule has 0 rings (SSSR count). The molecule has 0 saturated carbocycles. The van der Waals surface area contributed by atoms with Gasteiger partial charge in [0.1, 0.15) is 0 Å². The zero-order chi connectivity index (χ0) is 9.40. The van der Waals surface area contributed by atoms with Gasteiger partial charge >= 0.3 is 0 Å². The molecule has 0 N–H and O–H groups in total. The highest BCUT2D eigenvalue weighted by Gasteiger charge is 1.86. The molecule has 0 saturated heterocycles. The van der Waals surface area contributed by atoms with Crippen LogP contribution in [-0.4, -0.2) is 6.72 Å². The normalized spacial score (nSPS) is 12.4. The minimum atomic E-state index is 0.741. The van der Waals surface area contributed by atoms with Gasteiger partial charge in [0.2, 0.25) is 0 Å². The minimum Gasteiger partial charge on any atom is -0.269 e. The van der Waals surface area contributed by atoms with Crippen molar-refractivity contribution in [1.29, 1.82) is 5.26 Å². The molecule has 0 spiro atoms. The van der Waals surface area contributed by atoms with Gasteiger partial charge in [0.05, 0.1) is 6.07 Å². The van der Waals surface area contributed by atoms with Gasteiger partial charge in [0, 0.05) is 11.3 Å². The third-order valence-corrected chi connectivity index (χ3v) is 1.52. The Hall–Kier alpha value is -1.36. The molecule has 2 heteroatoms. The van der Waals surface area contributed by atoms with Crippen molar-refractivity contribution in [3.05, 3.63) is 23.4 Å². The van der Waals surface area contributed by atoms with E-state index in [-0.39, 0.29) is 0 Å². The van der Waals surface area contributed by atoms with E-state index in [1.54, 1.807) is 6.92 Å². The number of hydrogen-bond donors (Lipinski definition) is 0. The first-order valence-corrected chi connectivity index (χ1v) is 3.97. The molecule has 0 aliphatic rings. The van der Waals surface area contributed by atoms with E-state index in [1.807, 2.05) is 19.1 Å². The zero-order valence-corrected chi connectivity index (χ0v) is 7.67. The summed E-state index contributed by atoms with van der Waals surface area (Å²) < 4.78 is 0. The fourth-order valence-electron chi connectivity index (χ4n) is 0.738. The lowest BCUT2D eigenvalue weighted by atomic mass is 10.2. The van der Waals surface area contributed by atoms with Gasteiger partial charge in [-0.15, -0.1) is 0 Å². The average molecular weight is 162 g/mol. The maximum Gasteiger partial charge on any atom is 0.0940 e. The molecule has 0 aromatic rings. The largest absolute Gasteiger partial charge is 0.269 e. The highest BCUT2D eigenvalue weighted by atomic mass is 14.7. The first kappa shape index (κ1) is 10.6. The minimum absolute atomic E-state index is 0.741. The number of aliphatic imine (C=N–C) groups is 1. The molecule has 0 aromatic heterocycles. The summed E-state index contributed by atoms with van der Waals surface area (Å²) in [6.45, 7) is 7.27. The Balaban J connectivity index is 4.05. The first-order chi connectivity index (χ1) is 5.74. The quantitative estimate of drug-likeness (QED) is 0.462. The first-order valence-electron chi connectivity index (χ1n) is 3.97. The van der Waals surface area contributed by atoms with Crippen LogP contribution in [0.25, 0.3) is 0 Å². The smallest absolute Gasteiger partial charge is 0.0940 e. The van der Waals surface area contributed by atoms with Crippen LogP contribution < -0.4 is 0 Å². The predicted octanol–water partition coefficient (Wildman–Crippen LogP) is 2.84. The van der Waals surface area contributed by atoms with Crippen LogP contribution in [0, 0.1) is 11.3 Å². The number of nitriles is 1. The second-order valence-corrected chi connectivity index (χ2v) is 2.44. The summed E-state index contributed by atoms with van der Waals surface area (Å²) in [6.07, 6.45) is 5.51. The Labute approximate surface area is 73.9 Å². The predicted molar refractivity (Wildman–Crippen MR) is 51.9 cm³/mol. The van der Waals surface area contributed by atoms with Crippen LogP contribution >= 0.6 is 0 Å². The standard InChI is InChI=1S/C10H14N2/c1-4-10(12-3)7-5-6-9(2)8-11/h6-7H,3-5H2,1-2H3/b9-6+,10-7-. The molecule has 64 valence electrons. The second kappa shape index (κ2) is 6.36. The summed E-state index contributed by atoms with van der Waals surface area (Å²) in [7, 11) is 0. The highest BCUT2D eigenvalue weighted by molar-refractivity contribution is 5.29. The molecule has 2 nitrogen and oxygen atoms in total. The van der Waals surface area contributed by atoms with Crippen LogP contribution in [0.1, 0.15) is 26.7 Å². The van der Waals surface area contributed by atoms with Crippen LogP contribution in [0.5, 0.6) is 0 Å². The van der Waals surface area contributed by atoms with Crippen LogP contribution in [0.4, 0.5) is 0 Å². The Bertz CT molecular complexity index is 241. The van der Waals surface area contributed by atoms with Gasteiger partial charge in [-0.3, -0.25) is 4.99 Å². The van der Waals surface area contributed by atoms with Crippen molar-refractivity contribution in [3.63, 3.8) is 0 Å². The van der Waals surface area contributed by atoms with E-state index in [1.165, 1.54) is 0 Å². The van der Waals surface area contributed by atoms with E-state index in [0.29, 0.717) is 0 Å². The number of allylic oxidation sites excluding steroid dienone is 4. The Morgan fingerprint density at radius 3 is 2.67 bits per heavy atom. The summed E-state index contributed by atoms with van der Waals surface area (Å²) >= 11 is 0. The van der Waals surface area contributed by atoms with E-state index in [0.717, 1.165) is 24.1 Å². The Morgan fingerprint density at radius 2 is 2.25 bits per heavy atom. The molecular weight excluding hydrogens is 148 g/mol. The van der Waals surface area contributed by atoms with Crippen molar-refractivity contribution in [2.24, 2.45) is 4.99 Å². The summed E-state index contributed by atoms with van der Waals surface area (Å²) in [6, 6.07) is 2.06. The van der Waals surface area contributed by atoms with Gasteiger partial charge in [-0.05, 0) is 26.5 Å². The van der Waals surface area contributed by atoms with Gasteiger partial charge in [0.25, 0.3) is 0 Å². The van der Waals surface area contributed by atoms with Gasteiger partial charge < -0.3 is 0 Å². The lowest BCUT2D eigenvalue weighted by molar-refractivity contribution is 1.05. The summed E-state index contributed by atoms with van der Waals surface area (Å²) in [5.41, 5.74) is 1.72. The summed E-state index contributed by atoms with van der Waals surface area (Å²) in [4.78, 5) is 3.83. The topological polar surface area (TPSA) is 36.1 Å². The van der Waals surface area contributed by atoms with Crippen LogP contribution in [0.3, 0.4) is 0 Å². The molecule has 0 bridgehead atoms. The maximum atomic E-state index is 8.44. The Kier molecular flexibility index (Phi) is 5.64. The van der Waals surface area contributed by atoms with Crippen LogP contribution in [0.15, 0.2) is 28.4 Å². The van der Waals surface area contributed by atoms with Gasteiger partial charge in [-0.2, -0.15) is 5.26 Å². The SMILES string of the molecule is C=N/C(=C\C/C=C(\C)C#N)CC. The van der Waals surface area contributed by atoms with Crippen molar-refractivity contribution in [3.8, 4) is 6.07 Å². The molecular formula is C10H14N2. The van der Waals surface area contributed by atoms with Crippen molar-refractivity contribution in [2.45, 2.75) is 26.7 Å². The maximum absolute atomic E-state index is 8.44. The zero-order valence-electron chi connectivity index (χ0n) is 7.67. The molecule has 0 amide bonds. The summed E-state index contributed by atoms with van der Waals surface area (Å²) in [5, 5.41) is 8.44. The van der Waals surface area contributed by atoms with Crippen molar-refractivity contribution < 1.29 is 0 Å². The lowest BCUT2D eigenvalue weighted by Crippen LogP contribution is -1.74. The van der Waals surface area contributed by atoms with E-state index in [4.69, 9.17) is 5.26 Å². The molecule has 0 aliphatic heterocycles. The molecule has 0 atom stereocenters. The molecule has 0 aliphatic carbocycles. The van der Waals surface area contributed by atoms with Crippen molar-refractivity contribution in [2.75, 3.05) is 0 Å². The molecule has 0 aromatic carbocycles. The van der Waals surface area contributed by atoms with E-state index in [2.05, 4.69) is 17.8 Å². The lowest BCUT2D eigenvalue weighted by Gasteiger charge is -1.92. The third-order valence-electron chi connectivity index (χ3n) is 1.52. The van der Waals surface area contributed by atoms with Crippen LogP contribution in [0.2, 0.25) is 0 Å². The molecule has 0 heterocycles. The van der Waals surface area contributed by atoms with E-state index < -0.39 is 0 Å². The van der Waals surface area contributed by atoms with Gasteiger partial charge in [0.15, 0.2) is 0 Å². The number of nitrogens with zero attached hydrogens (tertiary/aromatic N) is 2. The highest BCUT2D eigenvalue weighted by Crippen LogP contribution is 2.04. The third kappa shape index (κ3) is 4.45. The van der Waals surface area contributed by atoms with E-state index >= 15 is 0 Å².